The van der Waals surface area contributed by atoms with Gasteiger partial charge in [-0.3, -0.25) is 0 Å². The van der Waals surface area contributed by atoms with Gasteiger partial charge in [0.2, 0.25) is 0 Å². The lowest BCUT2D eigenvalue weighted by Gasteiger charge is -2.01. The van der Waals surface area contributed by atoms with Gasteiger partial charge in [-0.25, -0.2) is 0 Å². The van der Waals surface area contributed by atoms with Crippen molar-refractivity contribution in [3.8, 4) is 0 Å². The van der Waals surface area contributed by atoms with Crippen LogP contribution in [0.15, 0.2) is 24.3 Å². The average molecular weight is 146 g/mol. The molecular formula is C8H8NSi. The fourth-order valence-corrected chi connectivity index (χ4v) is 1.68. The lowest BCUT2D eigenvalue weighted by molar-refractivity contribution is 0.738. The molecule has 3 radical (unpaired) electrons. The van der Waals surface area contributed by atoms with Gasteiger partial charge in [0.1, 0.15) is 0 Å². The van der Waals surface area contributed by atoms with E-state index in [1.165, 1.54) is 11.1 Å². The van der Waals surface area contributed by atoms with Crippen molar-refractivity contribution in [1.29, 1.82) is 0 Å². The first-order valence-corrected chi connectivity index (χ1v) is 3.98. The van der Waals surface area contributed by atoms with E-state index in [2.05, 4.69) is 39.8 Å². The first-order chi connectivity index (χ1) is 4.88. The van der Waals surface area contributed by atoms with E-state index in [9.17, 15) is 0 Å². The van der Waals surface area contributed by atoms with E-state index in [-0.39, 0.29) is 0 Å². The molecule has 1 aromatic rings. The number of nitrogens with one attached hydrogen (secondary N) is 1. The lowest BCUT2D eigenvalue weighted by atomic mass is 10.1. The summed E-state index contributed by atoms with van der Waals surface area (Å²) in [6, 6.07) is 8.44. The molecule has 1 nitrogen and oxygen atoms in total. The maximum Gasteiger partial charge on any atom is 0.0543 e. The molecule has 0 saturated heterocycles. The molecule has 1 aliphatic heterocycles. The molecule has 1 aromatic carbocycles. The average Bonchev–Trinajstić information content (AvgIpc) is 2.34. The molecule has 0 saturated carbocycles. The van der Waals surface area contributed by atoms with Crippen LogP contribution in [-0.4, -0.2) is 10.2 Å². The van der Waals surface area contributed by atoms with E-state index in [0.717, 1.165) is 6.54 Å². The van der Waals surface area contributed by atoms with Crippen LogP contribution in [-0.2, 0) is 6.54 Å². The highest BCUT2D eigenvalue weighted by Gasteiger charge is 2.15. The smallest absolute Gasteiger partial charge is 0.0543 e. The molecule has 49 valence electrons. The molecule has 1 atom stereocenters. The summed E-state index contributed by atoms with van der Waals surface area (Å²) >= 11 is 0. The number of rotatable bonds is 0. The zero-order chi connectivity index (χ0) is 6.97. The van der Waals surface area contributed by atoms with E-state index in [1.807, 2.05) is 0 Å². The quantitative estimate of drug-likeness (QED) is 0.537. The maximum atomic E-state index is 3.57. The highest BCUT2D eigenvalue weighted by atomic mass is 28.1. The monoisotopic (exact) mass is 146 g/mol. The molecule has 0 aromatic heterocycles. The minimum absolute atomic E-state index is 0.358. The number of hydrogen-bond donors (Lipinski definition) is 1. The fraction of sp³-hybridized carbons (Fsp3) is 0.250. The maximum absolute atomic E-state index is 3.57. The van der Waals surface area contributed by atoms with Crippen molar-refractivity contribution in [3.63, 3.8) is 0 Å². The summed E-state index contributed by atoms with van der Waals surface area (Å²) in [5.41, 5.74) is 3.14. The van der Waals surface area contributed by atoms with Gasteiger partial charge < -0.3 is 5.32 Å². The molecule has 10 heavy (non-hydrogen) atoms. The first-order valence-electron chi connectivity index (χ1n) is 3.40. The van der Waals surface area contributed by atoms with Crippen molar-refractivity contribution >= 4 is 10.2 Å². The molecule has 1 N–H and O–H groups in total. The van der Waals surface area contributed by atoms with Gasteiger partial charge in [-0.15, -0.1) is 0 Å². The van der Waals surface area contributed by atoms with Crippen LogP contribution < -0.4 is 5.32 Å². The Morgan fingerprint density at radius 3 is 3.00 bits per heavy atom. The summed E-state index contributed by atoms with van der Waals surface area (Å²) in [6.07, 6.45) is 0. The Morgan fingerprint density at radius 2 is 2.20 bits per heavy atom. The van der Waals surface area contributed by atoms with Crippen LogP contribution in [0.4, 0.5) is 0 Å². The Balaban J connectivity index is 2.51. The molecule has 0 amide bonds. The van der Waals surface area contributed by atoms with E-state index in [4.69, 9.17) is 0 Å². The zero-order valence-electron chi connectivity index (χ0n) is 5.59. The topological polar surface area (TPSA) is 12.0 Å². The molecule has 1 unspecified atom stereocenters. The van der Waals surface area contributed by atoms with E-state index >= 15 is 0 Å². The van der Waals surface area contributed by atoms with Gasteiger partial charge in [0.15, 0.2) is 0 Å². The molecule has 0 fully saturated rings. The largest absolute Gasteiger partial charge is 0.309 e. The molecule has 0 spiro atoms. The summed E-state index contributed by atoms with van der Waals surface area (Å²) in [5.74, 6) is 0. The third-order valence-electron chi connectivity index (χ3n) is 1.86. The highest BCUT2D eigenvalue weighted by Crippen LogP contribution is 2.21. The second-order valence-electron chi connectivity index (χ2n) is 2.51. The Bertz CT molecular complexity index is 247. The van der Waals surface area contributed by atoms with Gasteiger partial charge >= 0.3 is 0 Å². The van der Waals surface area contributed by atoms with E-state index in [1.54, 1.807) is 0 Å². The summed E-state index contributed by atoms with van der Waals surface area (Å²) < 4.78 is 0. The van der Waals surface area contributed by atoms with Crippen molar-refractivity contribution in [1.82, 2.24) is 5.32 Å². The Kier molecular flexibility index (Phi) is 1.36. The van der Waals surface area contributed by atoms with Crippen LogP contribution in [0.5, 0.6) is 0 Å². The third kappa shape index (κ3) is 0.804. The van der Waals surface area contributed by atoms with Crippen LogP contribution >= 0.6 is 0 Å². The van der Waals surface area contributed by atoms with Crippen LogP contribution in [0.25, 0.3) is 0 Å². The zero-order valence-corrected chi connectivity index (χ0v) is 6.59. The Hall–Kier alpha value is -0.603. The van der Waals surface area contributed by atoms with Crippen LogP contribution in [0.2, 0.25) is 0 Å². The SMILES string of the molecule is [Si]C1NCc2ccccc21. The van der Waals surface area contributed by atoms with Gasteiger partial charge in [-0.1, -0.05) is 24.3 Å². The normalized spacial score (nSPS) is 22.7. The van der Waals surface area contributed by atoms with E-state index in [0.29, 0.717) is 5.67 Å². The Morgan fingerprint density at radius 1 is 1.40 bits per heavy atom. The van der Waals surface area contributed by atoms with Crippen LogP contribution in [0.1, 0.15) is 16.8 Å². The molecular weight excluding hydrogens is 138 g/mol. The molecule has 1 heterocycles. The van der Waals surface area contributed by atoms with Gasteiger partial charge in [0, 0.05) is 12.2 Å². The van der Waals surface area contributed by atoms with Crippen LogP contribution in [0, 0.1) is 0 Å². The number of hydrogen-bond acceptors (Lipinski definition) is 1. The van der Waals surface area contributed by atoms with Gasteiger partial charge in [0.05, 0.1) is 10.2 Å². The predicted molar refractivity (Wildman–Crippen MR) is 41.8 cm³/mol. The number of benzene rings is 1. The van der Waals surface area contributed by atoms with E-state index < -0.39 is 0 Å². The second kappa shape index (κ2) is 2.22. The van der Waals surface area contributed by atoms with Gasteiger partial charge in [-0.05, 0) is 11.1 Å². The molecule has 0 aliphatic carbocycles. The van der Waals surface area contributed by atoms with Gasteiger partial charge in [0.25, 0.3) is 0 Å². The third-order valence-corrected chi connectivity index (χ3v) is 2.38. The molecule has 2 heteroatoms. The van der Waals surface area contributed by atoms with Crippen molar-refractivity contribution in [2.24, 2.45) is 0 Å². The van der Waals surface area contributed by atoms with Crippen molar-refractivity contribution < 1.29 is 0 Å². The minimum Gasteiger partial charge on any atom is -0.309 e. The first kappa shape index (κ1) is 6.13. The fourth-order valence-electron chi connectivity index (χ4n) is 1.30. The van der Waals surface area contributed by atoms with Crippen molar-refractivity contribution in [2.45, 2.75) is 12.2 Å². The number of fused-ring (bicyclic) bond motifs is 1. The Labute approximate surface area is 63.9 Å². The summed E-state index contributed by atoms with van der Waals surface area (Å²) in [5, 5.41) is 3.30. The molecule has 2 rings (SSSR count). The lowest BCUT2D eigenvalue weighted by Crippen LogP contribution is -2.10. The summed E-state index contributed by atoms with van der Waals surface area (Å²) in [7, 11) is 3.57. The summed E-state index contributed by atoms with van der Waals surface area (Å²) in [4.78, 5) is 0. The minimum atomic E-state index is 0.358. The highest BCUT2D eigenvalue weighted by molar-refractivity contribution is 6.12. The van der Waals surface area contributed by atoms with Gasteiger partial charge in [-0.2, -0.15) is 0 Å². The second-order valence-corrected chi connectivity index (χ2v) is 3.09. The van der Waals surface area contributed by atoms with Crippen LogP contribution in [0.3, 0.4) is 0 Å². The van der Waals surface area contributed by atoms with Crippen molar-refractivity contribution in [2.75, 3.05) is 0 Å². The standard InChI is InChI=1S/C8H8NSi/c10-8-7-4-2-1-3-6(7)5-9-8/h1-4,8-9H,5H2. The molecule has 0 bridgehead atoms. The van der Waals surface area contributed by atoms with Crippen molar-refractivity contribution in [3.05, 3.63) is 35.4 Å². The summed E-state index contributed by atoms with van der Waals surface area (Å²) in [6.45, 7) is 0.990. The molecule has 1 aliphatic rings. The predicted octanol–water partition coefficient (Wildman–Crippen LogP) is 0.957.